The fourth-order valence-electron chi connectivity index (χ4n) is 2.49. The summed E-state index contributed by atoms with van der Waals surface area (Å²) in [6.45, 7) is 2.00. The first kappa shape index (κ1) is 13.7. The Labute approximate surface area is 123 Å². The number of likely N-dealkylation sites (N-methyl/N-ethyl adjacent to an activating group) is 1. The Morgan fingerprint density at radius 1 is 1.29 bits per heavy atom. The normalized spacial score (nSPS) is 18.9. The van der Waals surface area contributed by atoms with E-state index in [9.17, 15) is 0 Å². The average Bonchev–Trinajstić information content (AvgIpc) is 3.16. The van der Waals surface area contributed by atoms with Gasteiger partial charge in [-0.25, -0.2) is 4.98 Å². The zero-order valence-corrected chi connectivity index (χ0v) is 12.3. The van der Waals surface area contributed by atoms with Crippen LogP contribution in [-0.2, 0) is 0 Å². The van der Waals surface area contributed by atoms with Gasteiger partial charge in [0.15, 0.2) is 0 Å². The number of nitrogens with zero attached hydrogens (tertiary/aromatic N) is 6. The Kier molecular flexibility index (Phi) is 3.96. The maximum absolute atomic E-state index is 4.44. The minimum absolute atomic E-state index is 0.538. The molecule has 2 N–H and O–H groups in total. The van der Waals surface area contributed by atoms with Crippen molar-refractivity contribution in [3.63, 3.8) is 0 Å². The van der Waals surface area contributed by atoms with Crippen LogP contribution in [0.4, 0.5) is 11.9 Å². The highest BCUT2D eigenvalue weighted by atomic mass is 15.3. The van der Waals surface area contributed by atoms with Gasteiger partial charge in [0.1, 0.15) is 6.33 Å². The van der Waals surface area contributed by atoms with Crippen LogP contribution in [0.2, 0.25) is 0 Å². The molecule has 2 aromatic heterocycles. The lowest BCUT2D eigenvalue weighted by atomic mass is 10.2. The fraction of sp³-hybridized carbons (Fsp3) is 0.538. The Bertz CT molecular complexity index is 582. The van der Waals surface area contributed by atoms with Crippen molar-refractivity contribution in [2.24, 2.45) is 0 Å². The molecule has 8 heteroatoms. The third-order valence-corrected chi connectivity index (χ3v) is 3.75. The Hall–Kier alpha value is -2.22. The van der Waals surface area contributed by atoms with Gasteiger partial charge in [0, 0.05) is 32.0 Å². The van der Waals surface area contributed by atoms with E-state index in [1.54, 1.807) is 24.1 Å². The first-order valence-corrected chi connectivity index (χ1v) is 7.12. The maximum atomic E-state index is 4.44. The van der Waals surface area contributed by atoms with Crippen molar-refractivity contribution in [1.82, 2.24) is 29.4 Å². The largest absolute Gasteiger partial charge is 0.357 e. The number of aromatic nitrogens is 5. The standard InChI is InChI=1S/C13H20N8/c1-14-11-17-12(16-8-10-4-3-6-20(10)2)19-13(18-11)21-7-5-15-9-21/h5,7,9-10H,3-4,6,8H2,1-2H3,(H2,14,16,17,18,19). The number of nitrogens with one attached hydrogen (secondary N) is 2. The van der Waals surface area contributed by atoms with E-state index in [1.807, 2.05) is 6.20 Å². The van der Waals surface area contributed by atoms with E-state index in [0.717, 1.165) is 13.1 Å². The molecule has 8 nitrogen and oxygen atoms in total. The lowest BCUT2D eigenvalue weighted by Crippen LogP contribution is -2.32. The monoisotopic (exact) mass is 288 g/mol. The molecule has 0 aliphatic carbocycles. The molecule has 0 bridgehead atoms. The molecule has 3 heterocycles. The number of rotatable bonds is 5. The molecule has 2 aromatic rings. The predicted molar refractivity (Wildman–Crippen MR) is 80.6 cm³/mol. The topological polar surface area (TPSA) is 83.8 Å². The molecule has 1 atom stereocenters. The van der Waals surface area contributed by atoms with Crippen molar-refractivity contribution < 1.29 is 0 Å². The summed E-state index contributed by atoms with van der Waals surface area (Å²) in [5.74, 6) is 1.67. The zero-order valence-electron chi connectivity index (χ0n) is 12.3. The Balaban J connectivity index is 1.76. The third-order valence-electron chi connectivity index (χ3n) is 3.75. The van der Waals surface area contributed by atoms with Gasteiger partial charge >= 0.3 is 0 Å². The zero-order chi connectivity index (χ0) is 14.7. The van der Waals surface area contributed by atoms with Crippen LogP contribution < -0.4 is 10.6 Å². The molecule has 0 radical (unpaired) electrons. The smallest absolute Gasteiger partial charge is 0.241 e. The molecule has 1 fully saturated rings. The SMILES string of the molecule is CNc1nc(NCC2CCCN2C)nc(-n2ccnc2)n1. The number of hydrogen-bond donors (Lipinski definition) is 2. The molecule has 0 amide bonds. The second kappa shape index (κ2) is 6.04. The molecular weight excluding hydrogens is 268 g/mol. The predicted octanol–water partition coefficient (Wildman–Crippen LogP) is 0.605. The highest BCUT2D eigenvalue weighted by Crippen LogP contribution is 2.15. The van der Waals surface area contributed by atoms with Gasteiger partial charge < -0.3 is 15.5 Å². The van der Waals surface area contributed by atoms with E-state index in [-0.39, 0.29) is 0 Å². The van der Waals surface area contributed by atoms with Gasteiger partial charge in [-0.05, 0) is 26.4 Å². The van der Waals surface area contributed by atoms with Crippen molar-refractivity contribution in [2.45, 2.75) is 18.9 Å². The summed E-state index contributed by atoms with van der Waals surface area (Å²) in [5, 5.41) is 6.28. The molecule has 112 valence electrons. The number of hydrogen-bond acceptors (Lipinski definition) is 7. The first-order valence-electron chi connectivity index (χ1n) is 7.12. The summed E-state index contributed by atoms with van der Waals surface area (Å²) in [6.07, 6.45) is 7.64. The average molecular weight is 288 g/mol. The second-order valence-corrected chi connectivity index (χ2v) is 5.16. The molecule has 3 rings (SSSR count). The van der Waals surface area contributed by atoms with E-state index in [0.29, 0.717) is 23.9 Å². The highest BCUT2D eigenvalue weighted by molar-refractivity contribution is 5.37. The molecule has 0 saturated carbocycles. The van der Waals surface area contributed by atoms with Crippen LogP contribution in [-0.4, -0.2) is 62.6 Å². The van der Waals surface area contributed by atoms with Crippen LogP contribution in [0.3, 0.4) is 0 Å². The van der Waals surface area contributed by atoms with Gasteiger partial charge in [0.25, 0.3) is 0 Å². The summed E-state index contributed by atoms with van der Waals surface area (Å²) >= 11 is 0. The summed E-state index contributed by atoms with van der Waals surface area (Å²) < 4.78 is 1.76. The molecule has 0 aromatic carbocycles. The molecule has 1 saturated heterocycles. The van der Waals surface area contributed by atoms with Crippen molar-refractivity contribution in [1.29, 1.82) is 0 Å². The van der Waals surface area contributed by atoms with E-state index < -0.39 is 0 Å². The summed E-state index contributed by atoms with van der Waals surface area (Å²) in [7, 11) is 3.95. The second-order valence-electron chi connectivity index (χ2n) is 5.16. The van der Waals surface area contributed by atoms with Crippen molar-refractivity contribution >= 4 is 11.9 Å². The summed E-state index contributed by atoms with van der Waals surface area (Å²) in [5.41, 5.74) is 0. The van der Waals surface area contributed by atoms with Gasteiger partial charge in [-0.2, -0.15) is 15.0 Å². The van der Waals surface area contributed by atoms with Gasteiger partial charge in [0.05, 0.1) is 0 Å². The van der Waals surface area contributed by atoms with Crippen molar-refractivity contribution in [2.75, 3.05) is 37.8 Å². The number of anilines is 2. The van der Waals surface area contributed by atoms with Gasteiger partial charge in [-0.3, -0.25) is 4.57 Å². The van der Waals surface area contributed by atoms with Gasteiger partial charge in [-0.15, -0.1) is 0 Å². The first-order chi connectivity index (χ1) is 10.3. The van der Waals surface area contributed by atoms with Crippen molar-refractivity contribution in [3.8, 4) is 5.95 Å². The van der Waals surface area contributed by atoms with Crippen molar-refractivity contribution in [3.05, 3.63) is 18.7 Å². The summed E-state index contributed by atoms with van der Waals surface area (Å²) in [4.78, 5) is 19.5. The molecular formula is C13H20N8. The Morgan fingerprint density at radius 2 is 2.14 bits per heavy atom. The van der Waals surface area contributed by atoms with E-state index in [2.05, 4.69) is 42.5 Å². The van der Waals surface area contributed by atoms with Crippen LogP contribution in [0.5, 0.6) is 0 Å². The lowest BCUT2D eigenvalue weighted by molar-refractivity contribution is 0.322. The van der Waals surface area contributed by atoms with Gasteiger partial charge in [-0.1, -0.05) is 0 Å². The Morgan fingerprint density at radius 3 is 2.81 bits per heavy atom. The molecule has 1 aliphatic heterocycles. The number of likely N-dealkylation sites (tertiary alicyclic amines) is 1. The fourth-order valence-corrected chi connectivity index (χ4v) is 2.49. The minimum Gasteiger partial charge on any atom is -0.357 e. The van der Waals surface area contributed by atoms with Crippen LogP contribution >= 0.6 is 0 Å². The van der Waals surface area contributed by atoms with Crippen LogP contribution in [0.15, 0.2) is 18.7 Å². The number of imidazole rings is 1. The van der Waals surface area contributed by atoms with Crippen LogP contribution in [0.1, 0.15) is 12.8 Å². The molecule has 21 heavy (non-hydrogen) atoms. The van der Waals surface area contributed by atoms with E-state index >= 15 is 0 Å². The molecule has 0 spiro atoms. The third kappa shape index (κ3) is 3.10. The lowest BCUT2D eigenvalue weighted by Gasteiger charge is -2.19. The molecule has 1 unspecified atom stereocenters. The van der Waals surface area contributed by atoms with Crippen LogP contribution in [0.25, 0.3) is 5.95 Å². The van der Waals surface area contributed by atoms with E-state index in [4.69, 9.17) is 0 Å². The highest BCUT2D eigenvalue weighted by Gasteiger charge is 2.20. The van der Waals surface area contributed by atoms with E-state index in [1.165, 1.54) is 12.8 Å². The summed E-state index contributed by atoms with van der Waals surface area (Å²) in [6, 6.07) is 0.538. The van der Waals surface area contributed by atoms with Crippen LogP contribution in [0, 0.1) is 0 Å². The molecule has 1 aliphatic rings. The quantitative estimate of drug-likeness (QED) is 0.833. The minimum atomic E-state index is 0.538. The van der Waals surface area contributed by atoms with Gasteiger partial charge in [0.2, 0.25) is 17.8 Å². The maximum Gasteiger partial charge on any atom is 0.241 e.